The number of hydrogen-bond donors (Lipinski definition) is 2. The number of rotatable bonds is 7. The maximum Gasteiger partial charge on any atom is 0.416 e. The fourth-order valence-electron chi connectivity index (χ4n) is 7.83. The molecule has 0 bridgehead atoms. The van der Waals surface area contributed by atoms with Gasteiger partial charge in [-0.3, -0.25) is 14.4 Å². The lowest BCUT2D eigenvalue weighted by molar-refractivity contribution is -0.137. The quantitative estimate of drug-likeness (QED) is 0.198. The van der Waals surface area contributed by atoms with Crippen LogP contribution >= 0.6 is 15.9 Å². The number of carbonyl (C=O) groups is 2. The summed E-state index contributed by atoms with van der Waals surface area (Å²) in [5.41, 5.74) is -0.170. The highest BCUT2D eigenvalue weighted by Crippen LogP contribution is 2.50. The van der Waals surface area contributed by atoms with Crippen LogP contribution in [0, 0.1) is 12.7 Å². The second kappa shape index (κ2) is 14.1. The van der Waals surface area contributed by atoms with Gasteiger partial charge in [0.1, 0.15) is 18.7 Å². The number of aromatic hydroxyl groups is 1. The van der Waals surface area contributed by atoms with Gasteiger partial charge in [-0.15, -0.1) is 5.10 Å². The number of aryl methyl sites for hydroxylation is 1. The Labute approximate surface area is 320 Å². The molecule has 4 heterocycles. The number of hydrogen-bond acceptors (Lipinski definition) is 9. The van der Waals surface area contributed by atoms with Crippen LogP contribution in [0.15, 0.2) is 52.0 Å². The molecule has 13 nitrogen and oxygen atoms in total. The Bertz CT molecular complexity index is 2420. The molecule has 7 rings (SSSR count). The number of alkyl halides is 3. The number of likely N-dealkylation sites (tertiary alicyclic amines) is 1. The van der Waals surface area contributed by atoms with E-state index in [0.29, 0.717) is 42.6 Å². The Balaban J connectivity index is 1.29. The zero-order valence-electron chi connectivity index (χ0n) is 30.2. The molecule has 3 aromatic heterocycles. The van der Waals surface area contributed by atoms with Gasteiger partial charge in [-0.2, -0.15) is 22.7 Å². The molecule has 0 radical (unpaired) electrons. The maximum atomic E-state index is 15.6. The molecule has 2 amide bonds. The summed E-state index contributed by atoms with van der Waals surface area (Å²) in [6.07, 6.45) is -2.13. The summed E-state index contributed by atoms with van der Waals surface area (Å²) in [5, 5.41) is 17.6. The zero-order valence-corrected chi connectivity index (χ0v) is 31.8. The average Bonchev–Trinajstić information content (AvgIpc) is 3.68. The van der Waals surface area contributed by atoms with Crippen LogP contribution in [0.25, 0.3) is 17.2 Å². The van der Waals surface area contributed by atoms with Gasteiger partial charge in [0.05, 0.1) is 22.5 Å². The standard InChI is InChI=1S/C37H36BrF4N9O4/c1-19-15-36(9-11-49(12-10-36)34(55)29-31(53)20(2)43-18-44-29)28-30(19)50(17-27(52)45-26-8-6-22(14-24(26)38)37(40,41)42)35-46-32(47-51(35)33(28)54)23-7-5-21(13-25(23)39)16-48(3)4/h5-8,13-14,18-19,53H,9-12,15-17H2,1-4H3,(H,45,52). The smallest absolute Gasteiger partial charge is 0.416 e. The van der Waals surface area contributed by atoms with Gasteiger partial charge in [0.25, 0.3) is 11.5 Å². The first-order chi connectivity index (χ1) is 26.0. The molecule has 5 aromatic rings. The van der Waals surface area contributed by atoms with Crippen molar-refractivity contribution in [1.29, 1.82) is 0 Å². The van der Waals surface area contributed by atoms with Gasteiger partial charge >= 0.3 is 6.18 Å². The summed E-state index contributed by atoms with van der Waals surface area (Å²) in [4.78, 5) is 57.7. The van der Waals surface area contributed by atoms with E-state index in [-0.39, 0.29) is 63.5 Å². The fraction of sp³-hybridized carbons (Fsp3) is 0.378. The van der Waals surface area contributed by atoms with Crippen molar-refractivity contribution in [3.8, 4) is 17.1 Å². The zero-order chi connectivity index (χ0) is 39.6. The first-order valence-corrected chi connectivity index (χ1v) is 18.2. The second-order valence-corrected chi connectivity index (χ2v) is 15.3. The number of amides is 2. The number of anilines is 1. The number of benzene rings is 2. The van der Waals surface area contributed by atoms with Crippen molar-refractivity contribution in [2.45, 2.75) is 63.7 Å². The summed E-state index contributed by atoms with van der Waals surface area (Å²) < 4.78 is 58.2. The summed E-state index contributed by atoms with van der Waals surface area (Å²) in [7, 11) is 3.71. The highest BCUT2D eigenvalue weighted by molar-refractivity contribution is 9.10. The number of nitrogens with zero attached hydrogens (tertiary/aromatic N) is 8. The SMILES string of the molecule is Cc1ncnc(C(=O)N2CCC3(CC2)CC(C)c2c3c(=O)n3nc(-c4ccc(CN(C)C)cc4F)nc3n2CC(=O)Nc2ccc(C(F)(F)F)cc2Br)c1O. The number of halogens is 5. The van der Waals surface area contributed by atoms with E-state index in [9.17, 15) is 32.7 Å². The van der Waals surface area contributed by atoms with Crippen LogP contribution in [-0.2, 0) is 29.5 Å². The fourth-order valence-corrected chi connectivity index (χ4v) is 8.31. The van der Waals surface area contributed by atoms with Crippen LogP contribution in [-0.4, -0.2) is 83.0 Å². The van der Waals surface area contributed by atoms with E-state index in [0.717, 1.165) is 22.7 Å². The molecular weight excluding hydrogens is 790 g/mol. The lowest BCUT2D eigenvalue weighted by Crippen LogP contribution is -2.46. The van der Waals surface area contributed by atoms with Crippen LogP contribution in [0.4, 0.5) is 23.2 Å². The number of piperidine rings is 1. The van der Waals surface area contributed by atoms with Gasteiger partial charge in [-0.05, 0) is 98.0 Å². The number of aromatic nitrogens is 6. The van der Waals surface area contributed by atoms with E-state index >= 15 is 4.39 Å². The van der Waals surface area contributed by atoms with E-state index in [1.54, 1.807) is 22.5 Å². The molecule has 1 atom stereocenters. The topological polar surface area (TPSA) is 151 Å². The van der Waals surface area contributed by atoms with Gasteiger partial charge < -0.3 is 24.8 Å². The van der Waals surface area contributed by atoms with E-state index in [4.69, 9.17) is 0 Å². The Morgan fingerprint density at radius 2 is 1.84 bits per heavy atom. The van der Waals surface area contributed by atoms with E-state index in [1.807, 2.05) is 25.9 Å². The van der Waals surface area contributed by atoms with Crippen LogP contribution in [0.3, 0.4) is 0 Å². The molecule has 1 spiro atoms. The average molecular weight is 827 g/mol. The summed E-state index contributed by atoms with van der Waals surface area (Å²) in [6, 6.07) is 7.51. The monoisotopic (exact) mass is 825 g/mol. The van der Waals surface area contributed by atoms with Crippen molar-refractivity contribution in [3.05, 3.63) is 97.1 Å². The third-order valence-electron chi connectivity index (χ3n) is 10.3. The first-order valence-electron chi connectivity index (χ1n) is 17.4. The molecule has 0 saturated carbocycles. The van der Waals surface area contributed by atoms with Crippen molar-refractivity contribution >= 4 is 39.2 Å². The third kappa shape index (κ3) is 6.96. The second-order valence-electron chi connectivity index (χ2n) is 14.4. The molecular formula is C37H36BrF4N9O4. The molecule has 1 aliphatic carbocycles. The minimum atomic E-state index is -4.59. The molecule has 1 saturated heterocycles. The molecule has 18 heteroatoms. The van der Waals surface area contributed by atoms with Crippen molar-refractivity contribution in [3.63, 3.8) is 0 Å². The van der Waals surface area contributed by atoms with Crippen LogP contribution < -0.4 is 10.9 Å². The van der Waals surface area contributed by atoms with Crippen molar-refractivity contribution in [2.24, 2.45) is 0 Å². The highest BCUT2D eigenvalue weighted by atomic mass is 79.9. The molecule has 2 N–H and O–H groups in total. The predicted molar refractivity (Wildman–Crippen MR) is 196 cm³/mol. The molecule has 1 unspecified atom stereocenters. The molecule has 2 aliphatic rings. The summed E-state index contributed by atoms with van der Waals surface area (Å²) in [5.74, 6) is -2.35. The minimum absolute atomic E-state index is 0.0109. The van der Waals surface area contributed by atoms with Gasteiger partial charge in [0.2, 0.25) is 11.7 Å². The predicted octanol–water partition coefficient (Wildman–Crippen LogP) is 5.66. The van der Waals surface area contributed by atoms with E-state index in [2.05, 4.69) is 41.3 Å². The molecule has 1 aliphatic heterocycles. The van der Waals surface area contributed by atoms with Crippen molar-refractivity contribution in [2.75, 3.05) is 32.5 Å². The normalized spacial score (nSPS) is 16.6. The lowest BCUT2D eigenvalue weighted by atomic mass is 9.73. The van der Waals surface area contributed by atoms with Crippen molar-refractivity contribution < 1.29 is 32.3 Å². The summed E-state index contributed by atoms with van der Waals surface area (Å²) in [6.45, 7) is 4.04. The Hall–Kier alpha value is -5.23. The van der Waals surface area contributed by atoms with Gasteiger partial charge in [0.15, 0.2) is 17.3 Å². The minimum Gasteiger partial charge on any atom is -0.504 e. The molecule has 288 valence electrons. The Kier molecular flexibility index (Phi) is 9.77. The molecule has 1 fully saturated rings. The Morgan fingerprint density at radius 3 is 2.49 bits per heavy atom. The maximum absolute atomic E-state index is 15.6. The lowest BCUT2D eigenvalue weighted by Gasteiger charge is -2.39. The Morgan fingerprint density at radius 1 is 1.11 bits per heavy atom. The third-order valence-corrected chi connectivity index (χ3v) is 11.0. The largest absolute Gasteiger partial charge is 0.504 e. The van der Waals surface area contributed by atoms with Gasteiger partial charge in [-0.25, -0.2) is 14.4 Å². The first kappa shape index (κ1) is 38.1. The molecule has 55 heavy (non-hydrogen) atoms. The van der Waals surface area contributed by atoms with Crippen LogP contribution in [0.2, 0.25) is 0 Å². The van der Waals surface area contributed by atoms with Crippen LogP contribution in [0.5, 0.6) is 5.75 Å². The van der Waals surface area contributed by atoms with E-state index < -0.39 is 46.9 Å². The van der Waals surface area contributed by atoms with Gasteiger partial charge in [-0.1, -0.05) is 13.0 Å². The summed E-state index contributed by atoms with van der Waals surface area (Å²) >= 11 is 3.12. The number of carbonyl (C=O) groups excluding carboxylic acids is 2. The number of fused-ring (bicyclic) bond motifs is 3. The van der Waals surface area contributed by atoms with Crippen molar-refractivity contribution in [1.82, 2.24) is 38.9 Å². The number of nitrogens with one attached hydrogen (secondary N) is 1. The highest BCUT2D eigenvalue weighted by Gasteiger charge is 2.49. The van der Waals surface area contributed by atoms with E-state index in [1.165, 1.54) is 18.5 Å². The van der Waals surface area contributed by atoms with Crippen LogP contribution in [0.1, 0.15) is 70.7 Å². The van der Waals surface area contributed by atoms with Gasteiger partial charge in [0, 0.05) is 40.8 Å². The molecule has 2 aromatic carbocycles.